The van der Waals surface area contributed by atoms with Gasteiger partial charge in [0.15, 0.2) is 15.6 Å². The number of benzene rings is 2. The second-order valence-electron chi connectivity index (χ2n) is 4.57. The summed E-state index contributed by atoms with van der Waals surface area (Å²) in [4.78, 5) is 12.4. The van der Waals surface area contributed by atoms with E-state index in [1.54, 1.807) is 30.3 Å². The average Bonchev–Trinajstić information content (AvgIpc) is 2.78. The number of sulfone groups is 1. The van der Waals surface area contributed by atoms with Crippen LogP contribution in [0, 0.1) is 0 Å². The van der Waals surface area contributed by atoms with Gasteiger partial charge in [0.05, 0.1) is 4.90 Å². The van der Waals surface area contributed by atoms with Crippen molar-refractivity contribution in [2.24, 2.45) is 0 Å². The fourth-order valence-electron chi connectivity index (χ4n) is 2.43. The number of hydrogen-bond donors (Lipinski definition) is 0. The molecule has 0 spiro atoms. The van der Waals surface area contributed by atoms with Crippen molar-refractivity contribution in [3.05, 3.63) is 65.7 Å². The molecule has 1 aliphatic carbocycles. The minimum absolute atomic E-state index is 0.209. The molecule has 3 nitrogen and oxygen atoms in total. The van der Waals surface area contributed by atoms with Crippen molar-refractivity contribution in [3.63, 3.8) is 0 Å². The molecule has 96 valence electrons. The van der Waals surface area contributed by atoms with Gasteiger partial charge < -0.3 is 0 Å². The van der Waals surface area contributed by atoms with Gasteiger partial charge in [-0.05, 0) is 24.1 Å². The van der Waals surface area contributed by atoms with Gasteiger partial charge in [0.2, 0.25) is 0 Å². The maximum absolute atomic E-state index is 12.5. The number of rotatable bonds is 2. The van der Waals surface area contributed by atoms with Gasteiger partial charge in [-0.2, -0.15) is 0 Å². The van der Waals surface area contributed by atoms with Gasteiger partial charge in [-0.15, -0.1) is 0 Å². The van der Waals surface area contributed by atoms with Crippen molar-refractivity contribution in [2.45, 2.75) is 16.6 Å². The third-order valence-corrected chi connectivity index (χ3v) is 5.49. The van der Waals surface area contributed by atoms with Crippen molar-refractivity contribution in [1.82, 2.24) is 0 Å². The van der Waals surface area contributed by atoms with Gasteiger partial charge in [0, 0.05) is 5.56 Å². The van der Waals surface area contributed by atoms with Gasteiger partial charge >= 0.3 is 0 Å². The molecule has 0 aromatic heterocycles. The molecule has 2 aromatic rings. The number of ketones is 1. The van der Waals surface area contributed by atoms with Crippen LogP contribution in [0.5, 0.6) is 0 Å². The molecule has 3 rings (SSSR count). The van der Waals surface area contributed by atoms with Gasteiger partial charge in [-0.3, -0.25) is 4.79 Å². The molecule has 2 aromatic carbocycles. The van der Waals surface area contributed by atoms with E-state index in [-0.39, 0.29) is 17.1 Å². The van der Waals surface area contributed by atoms with Crippen LogP contribution >= 0.6 is 0 Å². The molecule has 1 atom stereocenters. The summed E-state index contributed by atoms with van der Waals surface area (Å²) in [6.07, 6.45) is 0.270. The molecule has 19 heavy (non-hydrogen) atoms. The van der Waals surface area contributed by atoms with E-state index in [9.17, 15) is 13.2 Å². The third kappa shape index (κ3) is 1.88. The minimum atomic E-state index is -3.61. The number of hydrogen-bond acceptors (Lipinski definition) is 3. The largest absolute Gasteiger partial charge is 0.293 e. The van der Waals surface area contributed by atoms with Crippen molar-refractivity contribution >= 4 is 15.6 Å². The Morgan fingerprint density at radius 3 is 2.21 bits per heavy atom. The summed E-state index contributed by atoms with van der Waals surface area (Å²) < 4.78 is 25.0. The Labute approximate surface area is 111 Å². The molecule has 4 heteroatoms. The molecule has 0 aliphatic heterocycles. The second kappa shape index (κ2) is 4.31. The maximum Gasteiger partial charge on any atom is 0.189 e. The van der Waals surface area contributed by atoms with Crippen LogP contribution in [0.2, 0.25) is 0 Å². The Morgan fingerprint density at radius 2 is 1.53 bits per heavy atom. The Balaban J connectivity index is 2.05. The predicted octanol–water partition coefficient (Wildman–Crippen LogP) is 2.27. The zero-order chi connectivity index (χ0) is 13.5. The van der Waals surface area contributed by atoms with E-state index in [1.165, 1.54) is 12.1 Å². The fourth-order valence-corrected chi connectivity index (χ4v) is 4.10. The minimum Gasteiger partial charge on any atom is -0.293 e. The standard InChI is InChI=1S/C15H12O3S/c16-15-13-9-5-4-6-11(13)10-14(15)19(17,18)12-7-2-1-3-8-12/h1-9,14H,10H2. The summed E-state index contributed by atoms with van der Waals surface area (Å²) in [6, 6.07) is 15.2. The van der Waals surface area contributed by atoms with E-state index < -0.39 is 15.1 Å². The van der Waals surface area contributed by atoms with Crippen molar-refractivity contribution in [2.75, 3.05) is 0 Å². The van der Waals surface area contributed by atoms with Gasteiger partial charge in [0.25, 0.3) is 0 Å². The number of fused-ring (bicyclic) bond motifs is 1. The molecule has 0 fully saturated rings. The summed E-state index contributed by atoms with van der Waals surface area (Å²) in [5.74, 6) is -0.292. The summed E-state index contributed by atoms with van der Waals surface area (Å²) in [7, 11) is -3.61. The molecule has 0 N–H and O–H groups in total. The van der Waals surface area contributed by atoms with E-state index in [0.717, 1.165) is 5.56 Å². The Morgan fingerprint density at radius 1 is 0.895 bits per heavy atom. The highest BCUT2D eigenvalue weighted by Gasteiger charge is 2.40. The van der Waals surface area contributed by atoms with Gasteiger partial charge in [-0.25, -0.2) is 8.42 Å². The Kier molecular flexibility index (Phi) is 2.75. The molecule has 0 amide bonds. The average molecular weight is 272 g/mol. The summed E-state index contributed by atoms with van der Waals surface area (Å²) >= 11 is 0. The fraction of sp³-hybridized carbons (Fsp3) is 0.133. The van der Waals surface area contributed by atoms with Crippen LogP contribution in [0.25, 0.3) is 0 Å². The van der Waals surface area contributed by atoms with Crippen LogP contribution in [0.3, 0.4) is 0 Å². The van der Waals surface area contributed by atoms with Crippen molar-refractivity contribution in [1.29, 1.82) is 0 Å². The number of Topliss-reactive ketones (excluding diaryl/α,β-unsaturated/α-hetero) is 1. The van der Waals surface area contributed by atoms with E-state index in [0.29, 0.717) is 5.56 Å². The van der Waals surface area contributed by atoms with Crippen LogP contribution in [0.4, 0.5) is 0 Å². The highest BCUT2D eigenvalue weighted by Crippen LogP contribution is 2.29. The monoisotopic (exact) mass is 272 g/mol. The predicted molar refractivity (Wildman–Crippen MR) is 71.9 cm³/mol. The normalized spacial score (nSPS) is 18.3. The molecule has 0 saturated heterocycles. The van der Waals surface area contributed by atoms with Crippen molar-refractivity contribution in [3.8, 4) is 0 Å². The number of carbonyl (C=O) groups excluding carboxylic acids is 1. The molecule has 1 unspecified atom stereocenters. The molecule has 0 radical (unpaired) electrons. The first-order valence-corrected chi connectivity index (χ1v) is 7.56. The second-order valence-corrected chi connectivity index (χ2v) is 6.70. The third-order valence-electron chi connectivity index (χ3n) is 3.43. The lowest BCUT2D eigenvalue weighted by atomic mass is 10.1. The lowest BCUT2D eigenvalue weighted by molar-refractivity contribution is 0.0998. The SMILES string of the molecule is O=C1c2ccccc2CC1S(=O)(=O)c1ccccc1. The Bertz CT molecular complexity index is 733. The van der Waals surface area contributed by atoms with Crippen LogP contribution < -0.4 is 0 Å². The van der Waals surface area contributed by atoms with Crippen LogP contribution in [-0.2, 0) is 16.3 Å². The summed E-state index contributed by atoms with van der Waals surface area (Å²) in [6.45, 7) is 0. The maximum atomic E-state index is 12.5. The van der Waals surface area contributed by atoms with E-state index in [4.69, 9.17) is 0 Å². The molecular weight excluding hydrogens is 260 g/mol. The quantitative estimate of drug-likeness (QED) is 0.842. The highest BCUT2D eigenvalue weighted by molar-refractivity contribution is 7.92. The highest BCUT2D eigenvalue weighted by atomic mass is 32.2. The van der Waals surface area contributed by atoms with Crippen LogP contribution in [0.15, 0.2) is 59.5 Å². The Hall–Kier alpha value is -1.94. The van der Waals surface area contributed by atoms with E-state index in [1.807, 2.05) is 12.1 Å². The van der Waals surface area contributed by atoms with Crippen molar-refractivity contribution < 1.29 is 13.2 Å². The molecule has 0 saturated carbocycles. The van der Waals surface area contributed by atoms with E-state index in [2.05, 4.69) is 0 Å². The first-order chi connectivity index (χ1) is 9.10. The first kappa shape index (κ1) is 12.1. The zero-order valence-corrected chi connectivity index (χ0v) is 10.9. The van der Waals surface area contributed by atoms with Gasteiger partial charge in [0.1, 0.15) is 5.25 Å². The van der Waals surface area contributed by atoms with Crippen LogP contribution in [-0.4, -0.2) is 19.5 Å². The lowest BCUT2D eigenvalue weighted by Crippen LogP contribution is -2.27. The van der Waals surface area contributed by atoms with Crippen LogP contribution in [0.1, 0.15) is 15.9 Å². The summed E-state index contributed by atoms with van der Waals surface area (Å²) in [5, 5.41) is -0.979. The lowest BCUT2D eigenvalue weighted by Gasteiger charge is -2.09. The number of carbonyl (C=O) groups is 1. The zero-order valence-electron chi connectivity index (χ0n) is 10.1. The topological polar surface area (TPSA) is 51.2 Å². The molecule has 0 bridgehead atoms. The smallest absolute Gasteiger partial charge is 0.189 e. The van der Waals surface area contributed by atoms with Gasteiger partial charge in [-0.1, -0.05) is 42.5 Å². The van der Waals surface area contributed by atoms with E-state index >= 15 is 0 Å². The first-order valence-electron chi connectivity index (χ1n) is 6.02. The molecule has 0 heterocycles. The summed E-state index contributed by atoms with van der Waals surface area (Å²) in [5.41, 5.74) is 1.35. The molecular formula is C15H12O3S. The molecule has 1 aliphatic rings.